The highest BCUT2D eigenvalue weighted by molar-refractivity contribution is 5.85. The summed E-state index contributed by atoms with van der Waals surface area (Å²) >= 11 is 0. The van der Waals surface area contributed by atoms with Crippen molar-refractivity contribution in [3.63, 3.8) is 0 Å². The third-order valence-corrected chi connectivity index (χ3v) is 4.47. The Hall–Kier alpha value is -2.38. The molecule has 3 aromatic rings. The summed E-state index contributed by atoms with van der Waals surface area (Å²) in [5.41, 5.74) is 2.29. The smallest absolute Gasteiger partial charge is 0.318 e. The lowest BCUT2D eigenvalue weighted by Gasteiger charge is -2.07. The summed E-state index contributed by atoms with van der Waals surface area (Å²) in [7, 11) is 3.12. The van der Waals surface area contributed by atoms with Crippen LogP contribution < -0.4 is 16.6 Å². The molecule has 0 atom stereocenters. The molecule has 0 fully saturated rings. The zero-order valence-corrected chi connectivity index (χ0v) is 18.3. The fourth-order valence-electron chi connectivity index (χ4n) is 2.93. The first-order chi connectivity index (χ1) is 12.9. The molecule has 0 saturated carbocycles. The number of nitrogens with one attached hydrogen (secondary N) is 1. The molecule has 0 aliphatic carbocycles. The van der Waals surface area contributed by atoms with E-state index in [0.29, 0.717) is 23.5 Å². The molecule has 0 unspecified atom stereocenters. The van der Waals surface area contributed by atoms with Gasteiger partial charge in [0.1, 0.15) is 5.82 Å². The number of nitrogens with zero attached hydrogens (tertiary/aromatic N) is 4. The maximum atomic E-state index is 12.5. The second-order valence-electron chi connectivity index (χ2n) is 6.38. The van der Waals surface area contributed by atoms with Gasteiger partial charge in [0.15, 0.2) is 11.2 Å². The molecule has 0 amide bonds. The third kappa shape index (κ3) is 4.54. The van der Waals surface area contributed by atoms with Gasteiger partial charge >= 0.3 is 5.69 Å². The Kier molecular flexibility index (Phi) is 8.65. The van der Waals surface area contributed by atoms with E-state index in [1.165, 1.54) is 11.6 Å². The zero-order valence-electron chi connectivity index (χ0n) is 17.4. The van der Waals surface area contributed by atoms with E-state index in [-0.39, 0.29) is 23.7 Å². The number of fused-ring (bicyclic) bond motifs is 1. The van der Waals surface area contributed by atoms with Gasteiger partial charge in [-0.2, -0.15) is 0 Å². The molecule has 0 aliphatic heterocycles. The van der Waals surface area contributed by atoms with E-state index in [1.807, 2.05) is 42.7 Å². The molecule has 3 rings (SSSR count). The number of aromatic nitrogens is 4. The van der Waals surface area contributed by atoms with Crippen molar-refractivity contribution in [2.24, 2.45) is 14.1 Å². The van der Waals surface area contributed by atoms with Crippen LogP contribution in [0.15, 0.2) is 33.9 Å². The van der Waals surface area contributed by atoms with Gasteiger partial charge in [0.2, 0.25) is 0 Å². The van der Waals surface area contributed by atoms with Gasteiger partial charge in [-0.3, -0.25) is 13.9 Å². The van der Waals surface area contributed by atoms with Crippen LogP contribution in [0.2, 0.25) is 0 Å². The SMILES string of the molecule is CCNCC.CCn1c(-c2ccc(C)cc2)nc2c1c(=O)n(C)c(=O)n2C.Cl. The summed E-state index contributed by atoms with van der Waals surface area (Å²) in [4.78, 5) is 29.1. The fraction of sp³-hybridized carbons (Fsp3) is 0.450. The molecule has 0 radical (unpaired) electrons. The van der Waals surface area contributed by atoms with Gasteiger partial charge in [0.25, 0.3) is 5.56 Å². The number of imidazole rings is 1. The van der Waals surface area contributed by atoms with E-state index in [2.05, 4.69) is 24.1 Å². The van der Waals surface area contributed by atoms with Gasteiger partial charge in [0.05, 0.1) is 0 Å². The first-order valence-corrected chi connectivity index (χ1v) is 9.31. The second-order valence-corrected chi connectivity index (χ2v) is 6.38. The van der Waals surface area contributed by atoms with Crippen LogP contribution in [0.25, 0.3) is 22.6 Å². The van der Waals surface area contributed by atoms with Crippen LogP contribution >= 0.6 is 12.4 Å². The van der Waals surface area contributed by atoms with Crippen molar-refractivity contribution in [1.29, 1.82) is 0 Å². The van der Waals surface area contributed by atoms with Crippen molar-refractivity contribution >= 4 is 23.6 Å². The average molecular weight is 408 g/mol. The molecule has 154 valence electrons. The predicted octanol–water partition coefficient (Wildman–Crippen LogP) is 2.47. The Morgan fingerprint density at radius 1 is 0.964 bits per heavy atom. The minimum absolute atomic E-state index is 0. The van der Waals surface area contributed by atoms with Crippen LogP contribution in [0.5, 0.6) is 0 Å². The summed E-state index contributed by atoms with van der Waals surface area (Å²) in [5.74, 6) is 0.704. The van der Waals surface area contributed by atoms with Crippen LogP contribution in [0.1, 0.15) is 26.3 Å². The van der Waals surface area contributed by atoms with Gasteiger partial charge < -0.3 is 9.88 Å². The number of benzene rings is 1. The van der Waals surface area contributed by atoms with Crippen LogP contribution in [0, 0.1) is 6.92 Å². The van der Waals surface area contributed by atoms with E-state index in [1.54, 1.807) is 7.05 Å². The minimum atomic E-state index is -0.367. The lowest BCUT2D eigenvalue weighted by atomic mass is 10.1. The first-order valence-electron chi connectivity index (χ1n) is 9.31. The third-order valence-electron chi connectivity index (χ3n) is 4.47. The lowest BCUT2D eigenvalue weighted by molar-refractivity contribution is 0.700. The summed E-state index contributed by atoms with van der Waals surface area (Å²) in [5, 5.41) is 3.11. The van der Waals surface area contributed by atoms with E-state index in [4.69, 9.17) is 0 Å². The summed E-state index contributed by atoms with van der Waals surface area (Å²) in [6.45, 7) is 11.0. The van der Waals surface area contributed by atoms with Gasteiger partial charge in [0, 0.05) is 26.2 Å². The topological polar surface area (TPSA) is 73.8 Å². The molecule has 2 aromatic heterocycles. The molecule has 0 saturated heterocycles. The van der Waals surface area contributed by atoms with Crippen molar-refractivity contribution in [1.82, 2.24) is 24.0 Å². The van der Waals surface area contributed by atoms with Crippen molar-refractivity contribution in [2.75, 3.05) is 13.1 Å². The fourth-order valence-corrected chi connectivity index (χ4v) is 2.93. The van der Waals surface area contributed by atoms with E-state index < -0.39 is 0 Å². The molecule has 2 heterocycles. The molecule has 0 aliphatic rings. The highest BCUT2D eigenvalue weighted by Gasteiger charge is 2.18. The maximum Gasteiger partial charge on any atom is 0.332 e. The van der Waals surface area contributed by atoms with Gasteiger partial charge in [-0.1, -0.05) is 43.7 Å². The molecule has 0 bridgehead atoms. The molecule has 1 aromatic carbocycles. The quantitative estimate of drug-likeness (QED) is 0.721. The zero-order chi connectivity index (χ0) is 20.1. The van der Waals surface area contributed by atoms with E-state index >= 15 is 0 Å². The van der Waals surface area contributed by atoms with Gasteiger partial charge in [-0.05, 0) is 26.9 Å². The lowest BCUT2D eigenvalue weighted by Crippen LogP contribution is -2.37. The summed E-state index contributed by atoms with van der Waals surface area (Å²) in [6, 6.07) is 7.97. The van der Waals surface area contributed by atoms with Crippen molar-refractivity contribution in [2.45, 2.75) is 34.2 Å². The Morgan fingerprint density at radius 3 is 2.00 bits per heavy atom. The molecule has 28 heavy (non-hydrogen) atoms. The molecule has 0 spiro atoms. The van der Waals surface area contributed by atoms with Crippen LogP contribution in [0.4, 0.5) is 0 Å². The number of rotatable bonds is 4. The minimum Gasteiger partial charge on any atom is -0.318 e. The highest BCUT2D eigenvalue weighted by atomic mass is 35.5. The average Bonchev–Trinajstić information content (AvgIpc) is 3.06. The van der Waals surface area contributed by atoms with E-state index in [0.717, 1.165) is 28.8 Å². The first kappa shape index (κ1) is 23.7. The Balaban J connectivity index is 0.000000584. The van der Waals surface area contributed by atoms with Crippen LogP contribution in [-0.4, -0.2) is 31.8 Å². The van der Waals surface area contributed by atoms with Crippen molar-refractivity contribution in [3.05, 3.63) is 50.7 Å². The molecular formula is C20H30ClN5O2. The number of hydrogen-bond donors (Lipinski definition) is 1. The summed E-state index contributed by atoms with van der Waals surface area (Å²) < 4.78 is 4.40. The second kappa shape index (κ2) is 10.2. The maximum absolute atomic E-state index is 12.5. The molecular weight excluding hydrogens is 378 g/mol. The Labute approximate surface area is 171 Å². The summed E-state index contributed by atoms with van der Waals surface area (Å²) in [6.07, 6.45) is 0. The van der Waals surface area contributed by atoms with Gasteiger partial charge in [-0.25, -0.2) is 9.78 Å². The Morgan fingerprint density at radius 2 is 1.54 bits per heavy atom. The van der Waals surface area contributed by atoms with Gasteiger partial charge in [-0.15, -0.1) is 12.4 Å². The highest BCUT2D eigenvalue weighted by Crippen LogP contribution is 2.22. The van der Waals surface area contributed by atoms with Crippen molar-refractivity contribution in [3.8, 4) is 11.4 Å². The number of hydrogen-bond acceptors (Lipinski definition) is 4. The largest absolute Gasteiger partial charge is 0.332 e. The molecule has 8 heteroatoms. The normalized spacial score (nSPS) is 10.4. The standard InChI is InChI=1S/C16H18N4O2.C4H11N.ClH/c1-5-20-12-14(18(3)16(22)19(4)15(12)21)17-13(20)11-8-6-10(2)7-9-11;1-3-5-4-2;/h6-9H,5H2,1-4H3;5H,3-4H2,1-2H3;1H. The number of halogens is 1. The monoisotopic (exact) mass is 407 g/mol. The van der Waals surface area contributed by atoms with Crippen LogP contribution in [0.3, 0.4) is 0 Å². The van der Waals surface area contributed by atoms with Crippen molar-refractivity contribution < 1.29 is 0 Å². The Bertz CT molecular complexity index is 1030. The molecule has 7 nitrogen and oxygen atoms in total. The van der Waals surface area contributed by atoms with Crippen LogP contribution in [-0.2, 0) is 20.6 Å². The predicted molar refractivity (Wildman–Crippen MR) is 118 cm³/mol. The molecule has 1 N–H and O–H groups in total. The van der Waals surface area contributed by atoms with E-state index in [9.17, 15) is 9.59 Å². The number of aryl methyl sites for hydroxylation is 3.